The molecule has 0 aliphatic rings. The highest BCUT2D eigenvalue weighted by atomic mass is 35.5. The number of hydrogen-bond acceptors (Lipinski definition) is 4. The number of nitrogens with one attached hydrogen (secondary N) is 1. The van der Waals surface area contributed by atoms with E-state index in [0.717, 1.165) is 0 Å². The third-order valence-corrected chi connectivity index (χ3v) is 3.83. The van der Waals surface area contributed by atoms with Crippen LogP contribution in [-0.2, 0) is 0 Å². The molecule has 2 rings (SSSR count). The molecule has 1 amide bonds. The maximum atomic E-state index is 12.5. The predicted molar refractivity (Wildman–Crippen MR) is 83.9 cm³/mol. The van der Waals surface area contributed by atoms with Crippen molar-refractivity contribution in [1.82, 2.24) is 0 Å². The third-order valence-electron chi connectivity index (χ3n) is 3.21. The maximum Gasteiger partial charge on any atom is 0.263 e. The minimum absolute atomic E-state index is 0.0700. The van der Waals surface area contributed by atoms with Crippen molar-refractivity contribution in [2.75, 3.05) is 12.4 Å². The van der Waals surface area contributed by atoms with E-state index in [9.17, 15) is 4.79 Å². The Hall–Kier alpha value is -2.16. The number of nitrogens with zero attached hydrogens (tertiary/aromatic N) is 1. The molecule has 0 bridgehead atoms. The minimum atomic E-state index is -0.574. The first-order valence-electron chi connectivity index (χ1n) is 6.24. The summed E-state index contributed by atoms with van der Waals surface area (Å²) in [5.74, 6) is 0.205. The van der Waals surface area contributed by atoms with Crippen molar-refractivity contribution in [3.63, 3.8) is 0 Å². The molecular formula is C15H12Cl2N2O3. The van der Waals surface area contributed by atoms with Crippen LogP contribution in [0.4, 0.5) is 5.88 Å². The van der Waals surface area contributed by atoms with Gasteiger partial charge in [0.1, 0.15) is 23.0 Å². The number of hydrogen-bond donors (Lipinski definition) is 1. The highest BCUT2D eigenvalue weighted by molar-refractivity contribution is 6.37. The van der Waals surface area contributed by atoms with Crippen LogP contribution in [0.25, 0.3) is 0 Å². The van der Waals surface area contributed by atoms with E-state index < -0.39 is 5.91 Å². The van der Waals surface area contributed by atoms with Crippen LogP contribution in [0, 0.1) is 25.2 Å². The van der Waals surface area contributed by atoms with Gasteiger partial charge in [0.05, 0.1) is 17.2 Å². The van der Waals surface area contributed by atoms with Gasteiger partial charge in [0.2, 0.25) is 5.88 Å². The first kappa shape index (κ1) is 16.2. The molecule has 0 fully saturated rings. The molecule has 1 heterocycles. The monoisotopic (exact) mass is 338 g/mol. The number of carbonyl (C=O) groups is 1. The molecule has 0 aliphatic heterocycles. The summed E-state index contributed by atoms with van der Waals surface area (Å²) in [6, 6.07) is 5.02. The van der Waals surface area contributed by atoms with Crippen molar-refractivity contribution in [1.29, 1.82) is 5.26 Å². The van der Waals surface area contributed by atoms with E-state index in [1.165, 1.54) is 19.2 Å². The Morgan fingerprint density at radius 3 is 2.55 bits per heavy atom. The molecule has 1 aromatic heterocycles. The van der Waals surface area contributed by atoms with Crippen LogP contribution in [0.1, 0.15) is 27.2 Å². The normalized spacial score (nSPS) is 10.2. The van der Waals surface area contributed by atoms with E-state index in [0.29, 0.717) is 11.3 Å². The molecule has 0 unspecified atom stereocenters. The zero-order valence-corrected chi connectivity index (χ0v) is 13.6. The second kappa shape index (κ2) is 6.30. The van der Waals surface area contributed by atoms with Gasteiger partial charge in [-0.3, -0.25) is 10.1 Å². The molecule has 0 atom stereocenters. The standard InChI is InChI=1S/C15H12Cl2N2O3/c1-7-8(2)22-15(9(7)6-18)19-14(20)12-10(16)4-5-11(17)13(12)21-3/h4-5H,1-3H3,(H,19,20). The Balaban J connectivity index is 2.45. The molecule has 0 spiro atoms. The zero-order valence-electron chi connectivity index (χ0n) is 12.1. The number of anilines is 1. The Labute approximate surface area is 137 Å². The molecule has 0 saturated carbocycles. The van der Waals surface area contributed by atoms with Gasteiger partial charge < -0.3 is 9.15 Å². The van der Waals surface area contributed by atoms with Crippen molar-refractivity contribution >= 4 is 35.0 Å². The predicted octanol–water partition coefficient (Wildman–Crippen LogP) is 4.34. The van der Waals surface area contributed by atoms with Crippen LogP contribution in [0.15, 0.2) is 16.5 Å². The zero-order chi connectivity index (χ0) is 16.4. The van der Waals surface area contributed by atoms with Crippen LogP contribution in [0.2, 0.25) is 10.0 Å². The number of aryl methyl sites for hydroxylation is 1. The van der Waals surface area contributed by atoms with Gasteiger partial charge in [0.15, 0.2) is 5.75 Å². The lowest BCUT2D eigenvalue weighted by Gasteiger charge is -2.11. The third kappa shape index (κ3) is 2.76. The fourth-order valence-electron chi connectivity index (χ4n) is 1.96. The molecule has 5 nitrogen and oxygen atoms in total. The highest BCUT2D eigenvalue weighted by Crippen LogP contribution is 2.35. The van der Waals surface area contributed by atoms with Crippen LogP contribution >= 0.6 is 23.2 Å². The van der Waals surface area contributed by atoms with E-state index >= 15 is 0 Å². The molecule has 22 heavy (non-hydrogen) atoms. The molecule has 2 aromatic rings. The quantitative estimate of drug-likeness (QED) is 0.903. The number of furan rings is 1. The van der Waals surface area contributed by atoms with Crippen molar-refractivity contribution < 1.29 is 13.9 Å². The second-order valence-electron chi connectivity index (χ2n) is 4.49. The number of ether oxygens (including phenoxy) is 1. The van der Waals surface area contributed by atoms with Gasteiger partial charge in [0, 0.05) is 5.56 Å². The van der Waals surface area contributed by atoms with Crippen molar-refractivity contribution in [3.8, 4) is 11.8 Å². The van der Waals surface area contributed by atoms with Crippen LogP contribution in [0.5, 0.6) is 5.75 Å². The summed E-state index contributed by atoms with van der Waals surface area (Å²) >= 11 is 12.1. The van der Waals surface area contributed by atoms with Crippen molar-refractivity contribution in [3.05, 3.63) is 44.6 Å². The molecular weight excluding hydrogens is 327 g/mol. The Morgan fingerprint density at radius 2 is 1.95 bits per heavy atom. The Morgan fingerprint density at radius 1 is 1.32 bits per heavy atom. The van der Waals surface area contributed by atoms with E-state index in [-0.39, 0.29) is 32.8 Å². The number of benzene rings is 1. The molecule has 0 saturated heterocycles. The van der Waals surface area contributed by atoms with Crippen molar-refractivity contribution in [2.24, 2.45) is 0 Å². The summed E-state index contributed by atoms with van der Waals surface area (Å²) < 4.78 is 10.5. The maximum absolute atomic E-state index is 12.5. The topological polar surface area (TPSA) is 75.3 Å². The molecule has 7 heteroatoms. The summed E-state index contributed by atoms with van der Waals surface area (Å²) in [5, 5.41) is 12.1. The number of halogens is 2. The molecule has 0 aliphatic carbocycles. The fourth-order valence-corrected chi connectivity index (χ4v) is 2.43. The SMILES string of the molecule is COc1c(Cl)ccc(Cl)c1C(=O)Nc1oc(C)c(C)c1C#N. The lowest BCUT2D eigenvalue weighted by molar-refractivity contribution is 0.102. The summed E-state index contributed by atoms with van der Waals surface area (Å²) in [7, 11) is 1.39. The fraction of sp³-hybridized carbons (Fsp3) is 0.200. The van der Waals surface area contributed by atoms with E-state index in [1.807, 2.05) is 6.07 Å². The average Bonchev–Trinajstić information content (AvgIpc) is 2.75. The second-order valence-corrected chi connectivity index (χ2v) is 5.31. The first-order chi connectivity index (χ1) is 10.4. The lowest BCUT2D eigenvalue weighted by atomic mass is 10.1. The van der Waals surface area contributed by atoms with Crippen LogP contribution in [-0.4, -0.2) is 13.0 Å². The molecule has 114 valence electrons. The van der Waals surface area contributed by atoms with E-state index in [4.69, 9.17) is 37.6 Å². The summed E-state index contributed by atoms with van der Waals surface area (Å²) in [6.07, 6.45) is 0. The van der Waals surface area contributed by atoms with Gasteiger partial charge in [0.25, 0.3) is 5.91 Å². The molecule has 0 radical (unpaired) electrons. The number of rotatable bonds is 3. The first-order valence-corrected chi connectivity index (χ1v) is 6.99. The Bertz CT molecular complexity index is 791. The van der Waals surface area contributed by atoms with Gasteiger partial charge >= 0.3 is 0 Å². The van der Waals surface area contributed by atoms with Gasteiger partial charge in [-0.1, -0.05) is 23.2 Å². The Kier molecular flexibility index (Phi) is 4.65. The number of methoxy groups -OCH3 is 1. The number of nitriles is 1. The van der Waals surface area contributed by atoms with Gasteiger partial charge in [-0.05, 0) is 26.0 Å². The number of amides is 1. The highest BCUT2D eigenvalue weighted by Gasteiger charge is 2.23. The average molecular weight is 339 g/mol. The molecule has 1 N–H and O–H groups in total. The van der Waals surface area contributed by atoms with Crippen LogP contribution in [0.3, 0.4) is 0 Å². The lowest BCUT2D eigenvalue weighted by Crippen LogP contribution is -2.14. The summed E-state index contributed by atoms with van der Waals surface area (Å²) in [5.41, 5.74) is 1.01. The van der Waals surface area contributed by atoms with E-state index in [1.54, 1.807) is 13.8 Å². The molecule has 1 aromatic carbocycles. The smallest absolute Gasteiger partial charge is 0.263 e. The van der Waals surface area contributed by atoms with E-state index in [2.05, 4.69) is 5.32 Å². The van der Waals surface area contributed by atoms with Gasteiger partial charge in [-0.2, -0.15) is 5.26 Å². The van der Waals surface area contributed by atoms with Gasteiger partial charge in [-0.25, -0.2) is 0 Å². The summed E-state index contributed by atoms with van der Waals surface area (Å²) in [4.78, 5) is 12.5. The van der Waals surface area contributed by atoms with Crippen LogP contribution < -0.4 is 10.1 Å². The summed E-state index contributed by atoms with van der Waals surface area (Å²) in [6.45, 7) is 3.44. The number of carbonyl (C=O) groups excluding carboxylic acids is 1. The van der Waals surface area contributed by atoms with Gasteiger partial charge in [-0.15, -0.1) is 0 Å². The largest absolute Gasteiger partial charge is 0.494 e. The van der Waals surface area contributed by atoms with Crippen molar-refractivity contribution in [2.45, 2.75) is 13.8 Å². The minimum Gasteiger partial charge on any atom is -0.494 e.